The van der Waals surface area contributed by atoms with Gasteiger partial charge in [0.05, 0.1) is 17.1 Å². The third-order valence-electron chi connectivity index (χ3n) is 11.9. The van der Waals surface area contributed by atoms with Crippen molar-refractivity contribution in [3.8, 4) is 0 Å². The summed E-state index contributed by atoms with van der Waals surface area (Å²) < 4.78 is 0. The van der Waals surface area contributed by atoms with E-state index in [9.17, 15) is 0 Å². The minimum atomic E-state index is -1.29. The van der Waals surface area contributed by atoms with E-state index < -0.39 is 11.2 Å². The molecule has 0 saturated heterocycles. The van der Waals surface area contributed by atoms with Crippen molar-refractivity contribution in [2.24, 2.45) is 20.0 Å². The van der Waals surface area contributed by atoms with Crippen LogP contribution in [0.1, 0.15) is 135 Å². The summed E-state index contributed by atoms with van der Waals surface area (Å²) in [4.78, 5) is 23.5. The van der Waals surface area contributed by atoms with E-state index >= 15 is 0 Å². The minimum absolute atomic E-state index is 0.361. The van der Waals surface area contributed by atoms with Crippen LogP contribution >= 0.6 is 0 Å². The molecule has 6 aromatic rings. The quantitative estimate of drug-likeness (QED) is 0.126. The molecule has 1 atom stereocenters. The summed E-state index contributed by atoms with van der Waals surface area (Å²) in [7, 11) is 0. The largest absolute Gasteiger partial charge is 0.245 e. The van der Waals surface area contributed by atoms with Crippen LogP contribution in [-0.4, -0.2) is 23.0 Å². The maximum atomic E-state index is 6.01. The molecule has 0 saturated carbocycles. The van der Waals surface area contributed by atoms with Crippen LogP contribution in [0.5, 0.6) is 0 Å². The lowest BCUT2D eigenvalue weighted by atomic mass is 9.70. The standard InChI is InChI=1S/C54H54N4/c1-35(2)39-19-25-43(26-20-39)49-50(44-27-21-40(22-28-44)36(3)4)57-54(56-49,48-17-13-10-14-18-48)53(47-33-31-42(32-34-47)38(7)8)51(45-29-23-41(24-30-45)37(5)6)55-52(58-53)46-15-11-9-12-16-46/h9-38H,1-8H3. The predicted molar refractivity (Wildman–Crippen MR) is 245 cm³/mol. The first-order valence-corrected chi connectivity index (χ1v) is 20.9. The molecule has 4 heteroatoms. The molecular weight excluding hydrogens is 705 g/mol. The smallest absolute Gasteiger partial charge is 0.211 e. The summed E-state index contributed by atoms with van der Waals surface area (Å²) in [6.45, 7) is 17.9. The number of nitrogens with zero attached hydrogens (tertiary/aromatic N) is 4. The fourth-order valence-corrected chi connectivity index (χ4v) is 8.27. The molecule has 58 heavy (non-hydrogen) atoms. The normalized spacial score (nSPS) is 17.5. The molecule has 2 aliphatic heterocycles. The first-order chi connectivity index (χ1) is 28.0. The molecule has 1 unspecified atom stereocenters. The summed E-state index contributed by atoms with van der Waals surface area (Å²) in [5, 5.41) is 0. The van der Waals surface area contributed by atoms with Gasteiger partial charge in [-0.1, -0.05) is 213 Å². The van der Waals surface area contributed by atoms with Gasteiger partial charge in [0.25, 0.3) is 0 Å². The zero-order valence-electron chi connectivity index (χ0n) is 35.1. The Bertz CT molecular complexity index is 2430. The lowest BCUT2D eigenvalue weighted by molar-refractivity contribution is 0.330. The van der Waals surface area contributed by atoms with Crippen molar-refractivity contribution in [2.45, 2.75) is 90.3 Å². The highest BCUT2D eigenvalue weighted by Crippen LogP contribution is 2.55. The molecular formula is C54H54N4. The number of aliphatic imine (C=N–C) groups is 4. The number of hydrogen-bond donors (Lipinski definition) is 0. The molecule has 6 aromatic carbocycles. The van der Waals surface area contributed by atoms with Crippen molar-refractivity contribution in [1.82, 2.24) is 0 Å². The van der Waals surface area contributed by atoms with Gasteiger partial charge in [-0.3, -0.25) is 0 Å². The Hall–Kier alpha value is -6.00. The topological polar surface area (TPSA) is 49.4 Å². The molecule has 8 rings (SSSR count). The summed E-state index contributed by atoms with van der Waals surface area (Å²) in [6.07, 6.45) is 0. The molecule has 4 nitrogen and oxygen atoms in total. The van der Waals surface area contributed by atoms with E-state index in [0.717, 1.165) is 50.5 Å². The zero-order valence-corrected chi connectivity index (χ0v) is 35.1. The van der Waals surface area contributed by atoms with E-state index in [2.05, 4.69) is 207 Å². The van der Waals surface area contributed by atoms with Crippen LogP contribution in [0.3, 0.4) is 0 Å². The van der Waals surface area contributed by atoms with Gasteiger partial charge in [-0.05, 0) is 57.1 Å². The minimum Gasteiger partial charge on any atom is -0.245 e. The van der Waals surface area contributed by atoms with Gasteiger partial charge >= 0.3 is 0 Å². The summed E-state index contributed by atoms with van der Waals surface area (Å²) >= 11 is 0. The second kappa shape index (κ2) is 15.7. The monoisotopic (exact) mass is 758 g/mol. The highest BCUT2D eigenvalue weighted by Gasteiger charge is 2.62. The van der Waals surface area contributed by atoms with Crippen LogP contribution in [0.2, 0.25) is 0 Å². The second-order valence-electron chi connectivity index (χ2n) is 17.0. The van der Waals surface area contributed by atoms with Crippen LogP contribution in [0.15, 0.2) is 178 Å². The van der Waals surface area contributed by atoms with Crippen LogP contribution in [-0.2, 0) is 11.2 Å². The molecule has 0 bridgehead atoms. The van der Waals surface area contributed by atoms with Gasteiger partial charge < -0.3 is 0 Å². The Morgan fingerprint density at radius 1 is 0.345 bits per heavy atom. The Kier molecular flexibility index (Phi) is 10.5. The highest BCUT2D eigenvalue weighted by atomic mass is 15.3. The number of rotatable bonds is 11. The fourth-order valence-electron chi connectivity index (χ4n) is 8.27. The van der Waals surface area contributed by atoms with Gasteiger partial charge in [0.15, 0.2) is 11.4 Å². The lowest BCUT2D eigenvalue weighted by Gasteiger charge is -2.41. The number of hydrogen-bond acceptors (Lipinski definition) is 4. The first-order valence-electron chi connectivity index (χ1n) is 20.9. The molecule has 0 spiro atoms. The highest BCUT2D eigenvalue weighted by molar-refractivity contribution is 6.54. The average Bonchev–Trinajstić information content (AvgIpc) is 3.87. The van der Waals surface area contributed by atoms with E-state index in [1.807, 2.05) is 6.07 Å². The van der Waals surface area contributed by atoms with E-state index in [4.69, 9.17) is 20.0 Å². The maximum Gasteiger partial charge on any atom is 0.211 e. The van der Waals surface area contributed by atoms with Crippen LogP contribution in [0.4, 0.5) is 0 Å². The predicted octanol–water partition coefficient (Wildman–Crippen LogP) is 13.2. The SMILES string of the molecule is CC(C)c1ccc(C2=NC(c3ccccc3)(C3(c4ccc(C(C)C)cc4)N=C(c4ccccc4)N=C3c3ccc(C(C)C)cc3)N=C2c2ccc(C(C)C)cc2)cc1. The Labute approximate surface area is 345 Å². The van der Waals surface area contributed by atoms with Crippen molar-refractivity contribution in [1.29, 1.82) is 0 Å². The van der Waals surface area contributed by atoms with Crippen molar-refractivity contribution < 1.29 is 0 Å². The number of amidine groups is 1. The van der Waals surface area contributed by atoms with Crippen molar-refractivity contribution in [3.63, 3.8) is 0 Å². The second-order valence-corrected chi connectivity index (χ2v) is 17.0. The lowest BCUT2D eigenvalue weighted by Crippen LogP contribution is -2.50. The van der Waals surface area contributed by atoms with E-state index in [1.165, 1.54) is 22.3 Å². The van der Waals surface area contributed by atoms with Crippen molar-refractivity contribution in [2.75, 3.05) is 0 Å². The van der Waals surface area contributed by atoms with E-state index in [0.29, 0.717) is 29.5 Å². The van der Waals surface area contributed by atoms with Crippen molar-refractivity contribution >= 4 is 23.0 Å². The van der Waals surface area contributed by atoms with E-state index in [-0.39, 0.29) is 0 Å². The van der Waals surface area contributed by atoms with Gasteiger partial charge in [0.2, 0.25) is 5.66 Å². The Morgan fingerprint density at radius 3 is 1.14 bits per heavy atom. The molecule has 0 aliphatic carbocycles. The third-order valence-corrected chi connectivity index (χ3v) is 11.9. The van der Waals surface area contributed by atoms with Crippen molar-refractivity contribution in [3.05, 3.63) is 213 Å². The zero-order chi connectivity index (χ0) is 40.6. The summed E-state index contributed by atoms with van der Waals surface area (Å²) in [5.74, 6) is 2.22. The Balaban J connectivity index is 1.51. The third kappa shape index (κ3) is 6.89. The van der Waals surface area contributed by atoms with Crippen LogP contribution < -0.4 is 0 Å². The van der Waals surface area contributed by atoms with Gasteiger partial charge in [-0.15, -0.1) is 0 Å². The molecule has 0 amide bonds. The van der Waals surface area contributed by atoms with Gasteiger partial charge in [0.1, 0.15) is 0 Å². The van der Waals surface area contributed by atoms with Gasteiger partial charge in [0, 0.05) is 22.3 Å². The summed E-state index contributed by atoms with van der Waals surface area (Å²) in [5.41, 5.74) is 11.0. The molecule has 0 aromatic heterocycles. The molecule has 0 fully saturated rings. The summed E-state index contributed by atoms with van der Waals surface area (Å²) in [6, 6.07) is 56.6. The van der Waals surface area contributed by atoms with Crippen LogP contribution in [0, 0.1) is 0 Å². The molecule has 2 heterocycles. The molecule has 0 N–H and O–H groups in total. The maximum absolute atomic E-state index is 6.01. The number of benzene rings is 6. The molecule has 0 radical (unpaired) electrons. The van der Waals surface area contributed by atoms with Crippen LogP contribution in [0.25, 0.3) is 0 Å². The molecule has 290 valence electrons. The average molecular weight is 759 g/mol. The van der Waals surface area contributed by atoms with Gasteiger partial charge in [-0.2, -0.15) is 0 Å². The molecule has 2 aliphatic rings. The fraction of sp³-hybridized carbons (Fsp3) is 0.259. The first kappa shape index (κ1) is 38.9. The Morgan fingerprint density at radius 2 is 0.724 bits per heavy atom. The van der Waals surface area contributed by atoms with Gasteiger partial charge in [-0.25, -0.2) is 20.0 Å². The van der Waals surface area contributed by atoms with E-state index in [1.54, 1.807) is 0 Å².